The predicted octanol–water partition coefficient (Wildman–Crippen LogP) is 25.3. The molecule has 0 aliphatic heterocycles. The van der Waals surface area contributed by atoms with Crippen LogP contribution in [0.4, 0.5) is 0 Å². The Hall–Kier alpha value is -1.43. The van der Waals surface area contributed by atoms with E-state index in [1.54, 1.807) is 0 Å². The van der Waals surface area contributed by atoms with Gasteiger partial charge in [-0.15, -0.1) is 0 Å². The molecular weight excluding hydrogens is 1180 g/mol. The molecule has 8 nitrogen and oxygen atoms in total. The molecule has 0 aromatic carbocycles. The number of carbonyl (C=O) groups is 4. The molecule has 0 saturated heterocycles. The number of hydrogen-bond donors (Lipinski definition) is 4. The van der Waals surface area contributed by atoms with Crippen LogP contribution in [0.2, 0.25) is 0 Å². The summed E-state index contributed by atoms with van der Waals surface area (Å²) < 4.78 is 0. The average molecular weight is 1320 g/mol. The summed E-state index contributed by atoms with van der Waals surface area (Å²) in [5, 5.41) is 34.1. The molecule has 0 bridgehead atoms. The fourth-order valence-corrected chi connectivity index (χ4v) is 10.6. The molecule has 0 aromatic rings. The quantitative estimate of drug-likeness (QED) is 0.0440. The van der Waals surface area contributed by atoms with E-state index in [9.17, 15) is 19.2 Å². The van der Waals surface area contributed by atoms with Gasteiger partial charge in [-0.1, -0.05) is 387 Å². The fraction of sp³-hybridized carbons (Fsp3) is 0.944. The first kappa shape index (κ1) is 88.3. The van der Waals surface area contributed by atoms with Crippen LogP contribution in [-0.2, 0) is 40.2 Å². The van der Waals surface area contributed by atoms with Gasteiger partial charge < -0.3 is 20.4 Å². The molecule has 0 amide bonds. The monoisotopic (exact) mass is 1320 g/mol. The molecule has 0 atom stereocenters. The SMILES string of the molecule is CCCCCCCCCCCCCCCCCC(=O)O.CCCCCCCCCCCCCCCCCC(=O)O.CCCCCCCCCCCCCCCCCC(=O)O.CCCCCCCCCCCCCCCCCC(=O)O.[W]. The van der Waals surface area contributed by atoms with Gasteiger partial charge in [0.1, 0.15) is 0 Å². The third-order valence-electron chi connectivity index (χ3n) is 16.0. The van der Waals surface area contributed by atoms with Crippen molar-refractivity contribution >= 4 is 23.9 Å². The van der Waals surface area contributed by atoms with Crippen LogP contribution in [0.3, 0.4) is 0 Å². The zero-order chi connectivity index (χ0) is 59.6. The molecule has 4 N–H and O–H groups in total. The first-order valence-electron chi connectivity index (χ1n) is 36.0. The second-order valence-corrected chi connectivity index (χ2v) is 24.4. The van der Waals surface area contributed by atoms with E-state index in [1.165, 1.54) is 334 Å². The maximum absolute atomic E-state index is 10.3. The van der Waals surface area contributed by atoms with Gasteiger partial charge in [-0.2, -0.15) is 0 Å². The topological polar surface area (TPSA) is 149 Å². The van der Waals surface area contributed by atoms with E-state index < -0.39 is 23.9 Å². The van der Waals surface area contributed by atoms with Crippen LogP contribution in [0, 0.1) is 0 Å². The third kappa shape index (κ3) is 104. The largest absolute Gasteiger partial charge is 0.481 e. The second-order valence-electron chi connectivity index (χ2n) is 24.4. The summed E-state index contributed by atoms with van der Waals surface area (Å²) in [6, 6.07) is 0. The van der Waals surface area contributed by atoms with Crippen molar-refractivity contribution in [3.8, 4) is 0 Å². The van der Waals surface area contributed by atoms with Crippen molar-refractivity contribution in [1.29, 1.82) is 0 Å². The van der Waals surface area contributed by atoms with Crippen LogP contribution in [0.5, 0.6) is 0 Å². The molecule has 486 valence electrons. The summed E-state index contributed by atoms with van der Waals surface area (Å²) in [7, 11) is 0. The minimum Gasteiger partial charge on any atom is -0.481 e. The predicted molar refractivity (Wildman–Crippen MR) is 349 cm³/mol. The molecule has 0 unspecified atom stereocenters. The van der Waals surface area contributed by atoms with Crippen molar-refractivity contribution in [1.82, 2.24) is 0 Å². The number of unbranched alkanes of at least 4 members (excludes halogenated alkanes) is 56. The Morgan fingerprint density at radius 1 is 0.160 bits per heavy atom. The van der Waals surface area contributed by atoms with Crippen molar-refractivity contribution in [3.05, 3.63) is 0 Å². The van der Waals surface area contributed by atoms with Gasteiger partial charge in [0.15, 0.2) is 0 Å². The van der Waals surface area contributed by atoms with Crippen LogP contribution >= 0.6 is 0 Å². The van der Waals surface area contributed by atoms with E-state index in [4.69, 9.17) is 20.4 Å². The van der Waals surface area contributed by atoms with Crippen molar-refractivity contribution in [2.24, 2.45) is 0 Å². The average Bonchev–Trinajstić information content (AvgIpc) is 3.43. The van der Waals surface area contributed by atoms with Gasteiger partial charge in [0.2, 0.25) is 0 Å². The fourth-order valence-electron chi connectivity index (χ4n) is 10.6. The summed E-state index contributed by atoms with van der Waals surface area (Å²) in [5.41, 5.74) is 0. The maximum Gasteiger partial charge on any atom is 0.303 e. The Morgan fingerprint density at radius 3 is 0.309 bits per heavy atom. The molecule has 0 fully saturated rings. The Morgan fingerprint density at radius 2 is 0.235 bits per heavy atom. The molecule has 0 spiro atoms. The minimum atomic E-state index is -0.653. The Balaban J connectivity index is -0.000000316. The maximum atomic E-state index is 10.3. The van der Waals surface area contributed by atoms with Crippen molar-refractivity contribution in [2.45, 2.75) is 439 Å². The van der Waals surface area contributed by atoms with Gasteiger partial charge in [0.05, 0.1) is 0 Å². The van der Waals surface area contributed by atoms with Crippen molar-refractivity contribution in [3.63, 3.8) is 0 Å². The first-order chi connectivity index (χ1) is 39.1. The van der Waals surface area contributed by atoms with Crippen LogP contribution in [0.1, 0.15) is 439 Å². The van der Waals surface area contributed by atoms with Crippen LogP contribution in [-0.4, -0.2) is 44.3 Å². The standard InChI is InChI=1S/4C18H36O2.W/c4*1-2-3-4-5-6-7-8-9-10-11-12-13-14-15-16-17-18(19)20;/h4*2-17H2,1H3,(H,19,20);. The number of rotatable bonds is 64. The second kappa shape index (κ2) is 85.0. The number of carboxylic acid groups (broad SMARTS) is 4. The van der Waals surface area contributed by atoms with Crippen LogP contribution < -0.4 is 0 Å². The summed E-state index contributed by atoms with van der Waals surface area (Å²) in [4.78, 5) is 41.3. The molecular formula is C72H144O8W. The van der Waals surface area contributed by atoms with E-state index in [-0.39, 0.29) is 21.1 Å². The smallest absolute Gasteiger partial charge is 0.303 e. The van der Waals surface area contributed by atoms with E-state index in [0.29, 0.717) is 25.7 Å². The van der Waals surface area contributed by atoms with Gasteiger partial charge in [-0.05, 0) is 25.7 Å². The Bertz CT molecular complexity index is 990. The van der Waals surface area contributed by atoms with E-state index in [0.717, 1.165) is 51.4 Å². The minimum absolute atomic E-state index is 0. The van der Waals surface area contributed by atoms with Gasteiger partial charge in [-0.25, -0.2) is 0 Å². The normalized spacial score (nSPS) is 10.7. The zero-order valence-corrected chi connectivity index (χ0v) is 58.0. The first-order valence-corrected chi connectivity index (χ1v) is 36.0. The van der Waals surface area contributed by atoms with Crippen LogP contribution in [0.15, 0.2) is 0 Å². The molecule has 0 heterocycles. The summed E-state index contributed by atoms with van der Waals surface area (Å²) in [5.74, 6) is -2.61. The molecule has 0 rings (SSSR count). The number of hydrogen-bond acceptors (Lipinski definition) is 4. The van der Waals surface area contributed by atoms with Gasteiger partial charge >= 0.3 is 23.9 Å². The molecule has 0 aliphatic rings. The van der Waals surface area contributed by atoms with Gasteiger partial charge in [0, 0.05) is 46.7 Å². The summed E-state index contributed by atoms with van der Waals surface area (Å²) in [6.07, 6.45) is 80.8. The molecule has 0 saturated carbocycles. The Labute approximate surface area is 520 Å². The zero-order valence-electron chi connectivity index (χ0n) is 55.1. The summed E-state index contributed by atoms with van der Waals surface area (Å²) in [6.45, 7) is 9.08. The Kier molecular flexibility index (Phi) is 92.7. The molecule has 0 radical (unpaired) electrons. The van der Waals surface area contributed by atoms with Gasteiger partial charge in [0.25, 0.3) is 0 Å². The summed E-state index contributed by atoms with van der Waals surface area (Å²) >= 11 is 0. The third-order valence-corrected chi connectivity index (χ3v) is 16.0. The number of carboxylic acids is 4. The number of aliphatic carboxylic acids is 4. The van der Waals surface area contributed by atoms with Crippen molar-refractivity contribution in [2.75, 3.05) is 0 Å². The molecule has 0 aliphatic carbocycles. The van der Waals surface area contributed by atoms with E-state index in [2.05, 4.69) is 27.7 Å². The molecule has 81 heavy (non-hydrogen) atoms. The molecule has 9 heteroatoms. The molecule has 0 aromatic heterocycles. The van der Waals surface area contributed by atoms with E-state index in [1.807, 2.05) is 0 Å². The van der Waals surface area contributed by atoms with Crippen LogP contribution in [0.25, 0.3) is 0 Å². The van der Waals surface area contributed by atoms with Crippen molar-refractivity contribution < 1.29 is 60.7 Å². The van der Waals surface area contributed by atoms with Gasteiger partial charge in [-0.3, -0.25) is 19.2 Å². The van der Waals surface area contributed by atoms with E-state index >= 15 is 0 Å².